The molecule has 2 aromatic carbocycles. The molecular weight excluding hydrogens is 402 g/mol. The maximum absolute atomic E-state index is 13.1. The Morgan fingerprint density at radius 3 is 2.61 bits per heavy atom. The number of carbonyl (C=O) groups excluding carboxylic acids is 1. The van der Waals surface area contributed by atoms with E-state index in [1.54, 1.807) is 11.0 Å². The second-order valence-electron chi connectivity index (χ2n) is 6.98. The molecule has 8 heteroatoms. The van der Waals surface area contributed by atoms with Gasteiger partial charge in [0.25, 0.3) is 5.91 Å². The van der Waals surface area contributed by atoms with Crippen LogP contribution in [-0.2, 0) is 9.84 Å². The molecule has 1 amide bonds. The number of rotatable bonds is 3. The number of amides is 1. The van der Waals surface area contributed by atoms with Crippen molar-refractivity contribution < 1.29 is 22.7 Å². The van der Waals surface area contributed by atoms with E-state index < -0.39 is 9.84 Å². The Kier molecular flexibility index (Phi) is 4.97. The van der Waals surface area contributed by atoms with Gasteiger partial charge in [-0.3, -0.25) is 4.79 Å². The van der Waals surface area contributed by atoms with Crippen LogP contribution >= 0.6 is 11.6 Å². The molecule has 28 heavy (non-hydrogen) atoms. The number of benzene rings is 2. The van der Waals surface area contributed by atoms with Gasteiger partial charge in [-0.05, 0) is 48.7 Å². The Morgan fingerprint density at radius 1 is 1.11 bits per heavy atom. The number of halogens is 1. The highest BCUT2D eigenvalue weighted by molar-refractivity contribution is 7.90. The molecule has 148 valence electrons. The van der Waals surface area contributed by atoms with Crippen molar-refractivity contribution in [1.29, 1.82) is 0 Å². The molecule has 1 atom stereocenters. The second-order valence-corrected chi connectivity index (χ2v) is 9.37. The van der Waals surface area contributed by atoms with Crippen LogP contribution in [0, 0.1) is 0 Å². The first-order chi connectivity index (χ1) is 13.3. The average Bonchev–Trinajstić information content (AvgIpc) is 3.16. The summed E-state index contributed by atoms with van der Waals surface area (Å²) in [5, 5.41) is 0.115. The number of nitrogens with zero attached hydrogens (tertiary/aromatic N) is 1. The van der Waals surface area contributed by atoms with Crippen LogP contribution in [0.4, 0.5) is 0 Å². The molecule has 2 heterocycles. The van der Waals surface area contributed by atoms with Crippen LogP contribution in [0.1, 0.15) is 34.8 Å². The molecule has 1 fully saturated rings. The number of fused-ring (bicyclic) bond motifs is 1. The molecule has 2 aliphatic rings. The third-order valence-electron chi connectivity index (χ3n) is 5.04. The number of hydrogen-bond acceptors (Lipinski definition) is 5. The summed E-state index contributed by atoms with van der Waals surface area (Å²) < 4.78 is 35.1. The van der Waals surface area contributed by atoms with Gasteiger partial charge in [-0.1, -0.05) is 17.7 Å². The highest BCUT2D eigenvalue weighted by Crippen LogP contribution is 2.39. The highest BCUT2D eigenvalue weighted by Gasteiger charge is 2.32. The molecule has 6 nitrogen and oxygen atoms in total. The van der Waals surface area contributed by atoms with Gasteiger partial charge in [-0.2, -0.15) is 0 Å². The lowest BCUT2D eigenvalue weighted by molar-refractivity contribution is 0.0735. The fourth-order valence-corrected chi connectivity index (χ4v) is 5.01. The van der Waals surface area contributed by atoms with Crippen molar-refractivity contribution in [3.8, 4) is 11.5 Å². The fourth-order valence-electron chi connectivity index (χ4n) is 3.71. The van der Waals surface area contributed by atoms with Crippen LogP contribution < -0.4 is 9.47 Å². The van der Waals surface area contributed by atoms with E-state index in [1.807, 2.05) is 18.2 Å². The maximum atomic E-state index is 13.1. The Balaban J connectivity index is 1.64. The quantitative estimate of drug-likeness (QED) is 0.758. The molecule has 0 aliphatic carbocycles. The molecule has 1 saturated heterocycles. The normalized spacial score (nSPS) is 18.9. The molecule has 0 unspecified atom stereocenters. The van der Waals surface area contributed by atoms with Gasteiger partial charge in [-0.15, -0.1) is 0 Å². The molecule has 2 aromatic rings. The summed E-state index contributed by atoms with van der Waals surface area (Å²) in [5.41, 5.74) is 1.29. The Morgan fingerprint density at radius 2 is 1.86 bits per heavy atom. The van der Waals surface area contributed by atoms with Gasteiger partial charge in [0.15, 0.2) is 21.3 Å². The minimum Gasteiger partial charge on any atom is -0.486 e. The molecule has 2 aliphatic heterocycles. The van der Waals surface area contributed by atoms with E-state index in [9.17, 15) is 13.2 Å². The summed E-state index contributed by atoms with van der Waals surface area (Å²) in [7, 11) is -3.52. The number of carbonyl (C=O) groups is 1. The first-order valence-corrected chi connectivity index (χ1v) is 11.3. The first-order valence-electron chi connectivity index (χ1n) is 9.05. The standard InChI is InChI=1S/C20H20ClNO5S/c1-28(24,25)19-12-14(4-6-15(19)21)20(23)22-8-2-3-16(22)13-5-7-17-18(11-13)27-10-9-26-17/h4-7,11-12,16H,2-3,8-10H2,1H3/t16-/m0/s1. The molecule has 0 spiro atoms. The van der Waals surface area contributed by atoms with Crippen molar-refractivity contribution in [1.82, 2.24) is 4.90 Å². The van der Waals surface area contributed by atoms with E-state index in [0.717, 1.165) is 24.7 Å². The first kappa shape index (κ1) is 19.1. The molecule has 4 rings (SSSR count). The monoisotopic (exact) mass is 421 g/mol. The molecule has 0 saturated carbocycles. The van der Waals surface area contributed by atoms with Gasteiger partial charge in [0.2, 0.25) is 0 Å². The smallest absolute Gasteiger partial charge is 0.254 e. The van der Waals surface area contributed by atoms with E-state index in [4.69, 9.17) is 21.1 Å². The molecule has 0 aromatic heterocycles. The number of sulfone groups is 1. The Hall–Kier alpha value is -2.25. The van der Waals surface area contributed by atoms with Gasteiger partial charge in [-0.25, -0.2) is 8.42 Å². The van der Waals surface area contributed by atoms with E-state index in [0.29, 0.717) is 36.8 Å². The third kappa shape index (κ3) is 3.56. The fraction of sp³-hybridized carbons (Fsp3) is 0.350. The van der Waals surface area contributed by atoms with Gasteiger partial charge in [0.1, 0.15) is 13.2 Å². The minimum absolute atomic E-state index is 0.0323. The topological polar surface area (TPSA) is 72.9 Å². The lowest BCUT2D eigenvalue weighted by Crippen LogP contribution is -2.30. The van der Waals surface area contributed by atoms with Crippen LogP contribution in [0.15, 0.2) is 41.3 Å². The molecule has 0 N–H and O–H groups in total. The number of hydrogen-bond donors (Lipinski definition) is 0. The van der Waals surface area contributed by atoms with E-state index in [1.165, 1.54) is 12.1 Å². The van der Waals surface area contributed by atoms with E-state index in [2.05, 4.69) is 0 Å². The number of ether oxygens (including phenoxy) is 2. The minimum atomic E-state index is -3.52. The summed E-state index contributed by atoms with van der Waals surface area (Å²) in [6, 6.07) is 10.0. The summed E-state index contributed by atoms with van der Waals surface area (Å²) in [4.78, 5) is 14.9. The van der Waals surface area contributed by atoms with Crippen molar-refractivity contribution >= 4 is 27.3 Å². The lowest BCUT2D eigenvalue weighted by atomic mass is 10.0. The van der Waals surface area contributed by atoms with Crippen LogP contribution in [0.3, 0.4) is 0 Å². The van der Waals surface area contributed by atoms with Crippen LogP contribution in [0.5, 0.6) is 11.5 Å². The zero-order chi connectivity index (χ0) is 19.9. The number of likely N-dealkylation sites (tertiary alicyclic amines) is 1. The lowest BCUT2D eigenvalue weighted by Gasteiger charge is -2.27. The van der Waals surface area contributed by atoms with Crippen molar-refractivity contribution in [2.75, 3.05) is 26.0 Å². The summed E-state index contributed by atoms with van der Waals surface area (Å²) in [5.74, 6) is 1.19. The molecule has 0 bridgehead atoms. The zero-order valence-corrected chi connectivity index (χ0v) is 16.9. The van der Waals surface area contributed by atoms with Crippen LogP contribution in [-0.4, -0.2) is 45.2 Å². The summed E-state index contributed by atoms with van der Waals surface area (Å²) in [6.07, 6.45) is 2.78. The van der Waals surface area contributed by atoms with Gasteiger partial charge >= 0.3 is 0 Å². The van der Waals surface area contributed by atoms with Gasteiger partial charge < -0.3 is 14.4 Å². The predicted octanol–water partition coefficient (Wildman–Crippen LogP) is 3.49. The van der Waals surface area contributed by atoms with Crippen molar-refractivity contribution in [3.05, 3.63) is 52.5 Å². The van der Waals surface area contributed by atoms with Crippen LogP contribution in [0.2, 0.25) is 5.02 Å². The van der Waals surface area contributed by atoms with Crippen molar-refractivity contribution in [2.45, 2.75) is 23.8 Å². The summed E-state index contributed by atoms with van der Waals surface area (Å²) in [6.45, 7) is 1.64. The van der Waals surface area contributed by atoms with Crippen LogP contribution in [0.25, 0.3) is 0 Å². The van der Waals surface area contributed by atoms with E-state index >= 15 is 0 Å². The predicted molar refractivity (Wildman–Crippen MR) is 105 cm³/mol. The highest BCUT2D eigenvalue weighted by atomic mass is 35.5. The van der Waals surface area contributed by atoms with Gasteiger partial charge in [0.05, 0.1) is 16.0 Å². The average molecular weight is 422 g/mol. The Labute approximate surface area is 168 Å². The SMILES string of the molecule is CS(=O)(=O)c1cc(C(=O)N2CCC[C@H]2c2ccc3c(c2)OCCO3)ccc1Cl. The second kappa shape index (κ2) is 7.29. The third-order valence-corrected chi connectivity index (χ3v) is 6.62. The Bertz CT molecular complexity index is 1040. The largest absolute Gasteiger partial charge is 0.486 e. The molecule has 0 radical (unpaired) electrons. The van der Waals surface area contributed by atoms with Crippen molar-refractivity contribution in [2.24, 2.45) is 0 Å². The summed E-state index contributed by atoms with van der Waals surface area (Å²) >= 11 is 6.01. The van der Waals surface area contributed by atoms with E-state index in [-0.39, 0.29) is 21.9 Å². The van der Waals surface area contributed by atoms with Crippen molar-refractivity contribution in [3.63, 3.8) is 0 Å². The molecular formula is C20H20ClNO5S. The zero-order valence-electron chi connectivity index (χ0n) is 15.4. The van der Waals surface area contributed by atoms with Gasteiger partial charge in [0, 0.05) is 18.4 Å². The maximum Gasteiger partial charge on any atom is 0.254 e.